The Bertz CT molecular complexity index is 516. The minimum Gasteiger partial charge on any atom is -0.351 e. The van der Waals surface area contributed by atoms with Gasteiger partial charge in [-0.15, -0.1) is 0 Å². The molecule has 0 atom stereocenters. The van der Waals surface area contributed by atoms with Crippen molar-refractivity contribution in [3.05, 3.63) is 36.0 Å². The Morgan fingerprint density at radius 1 is 1.33 bits per heavy atom. The van der Waals surface area contributed by atoms with Crippen molar-refractivity contribution < 1.29 is 13.6 Å². The fourth-order valence-electron chi connectivity index (χ4n) is 1.56. The molecule has 2 aromatic rings. The first kappa shape index (κ1) is 9.83. The molecule has 0 aliphatic carbocycles. The van der Waals surface area contributed by atoms with Gasteiger partial charge in [0.2, 0.25) is 5.78 Å². The van der Waals surface area contributed by atoms with Crippen molar-refractivity contribution in [1.82, 2.24) is 4.57 Å². The molecule has 0 saturated carbocycles. The van der Waals surface area contributed by atoms with Crippen LogP contribution in [0, 0.1) is 0 Å². The van der Waals surface area contributed by atoms with Gasteiger partial charge in [-0.1, -0.05) is 0 Å². The largest absolute Gasteiger partial charge is 0.351 e. The lowest BCUT2D eigenvalue weighted by atomic mass is 10.1. The SMILES string of the molecule is Cn1ccc2cc(C(=O)C(F)F)ccc21. The summed E-state index contributed by atoms with van der Waals surface area (Å²) in [5, 5.41) is 0.795. The molecule has 2 nitrogen and oxygen atoms in total. The number of alkyl halides is 2. The van der Waals surface area contributed by atoms with Crippen molar-refractivity contribution in [2.24, 2.45) is 7.05 Å². The van der Waals surface area contributed by atoms with Crippen molar-refractivity contribution >= 4 is 16.7 Å². The number of hydrogen-bond donors (Lipinski definition) is 0. The van der Waals surface area contributed by atoms with E-state index in [4.69, 9.17) is 0 Å². The van der Waals surface area contributed by atoms with Crippen LogP contribution in [0.4, 0.5) is 8.78 Å². The molecule has 1 heterocycles. The molecule has 4 heteroatoms. The Labute approximate surface area is 85.1 Å². The highest BCUT2D eigenvalue weighted by molar-refractivity contribution is 6.01. The quantitative estimate of drug-likeness (QED) is 0.697. The number of aryl methyl sites for hydroxylation is 1. The smallest absolute Gasteiger partial charge is 0.300 e. The number of carbonyl (C=O) groups is 1. The van der Waals surface area contributed by atoms with E-state index in [1.165, 1.54) is 12.1 Å². The zero-order valence-corrected chi connectivity index (χ0v) is 8.08. The van der Waals surface area contributed by atoms with Gasteiger partial charge in [0.1, 0.15) is 0 Å². The number of halogens is 2. The number of nitrogens with zero attached hydrogens (tertiary/aromatic N) is 1. The molecule has 0 spiro atoms. The molecule has 0 radical (unpaired) electrons. The minimum atomic E-state index is -2.94. The van der Waals surface area contributed by atoms with E-state index >= 15 is 0 Å². The molecule has 0 saturated heterocycles. The number of ketones is 1. The molecule has 15 heavy (non-hydrogen) atoms. The number of carbonyl (C=O) groups excluding carboxylic acids is 1. The third-order valence-corrected chi connectivity index (χ3v) is 2.37. The summed E-state index contributed by atoms with van der Waals surface area (Å²) >= 11 is 0. The van der Waals surface area contributed by atoms with Gasteiger partial charge in [-0.25, -0.2) is 8.78 Å². The number of rotatable bonds is 2. The Balaban J connectivity index is 2.52. The molecule has 0 aliphatic rings. The second-order valence-electron chi connectivity index (χ2n) is 3.37. The normalized spacial score (nSPS) is 11.2. The van der Waals surface area contributed by atoms with Crippen LogP contribution in [0.2, 0.25) is 0 Å². The second-order valence-corrected chi connectivity index (χ2v) is 3.37. The maximum Gasteiger partial charge on any atom is 0.300 e. The molecule has 1 aromatic carbocycles. The van der Waals surface area contributed by atoms with E-state index in [9.17, 15) is 13.6 Å². The fraction of sp³-hybridized carbons (Fsp3) is 0.182. The summed E-state index contributed by atoms with van der Waals surface area (Å²) < 4.78 is 26.2. The highest BCUT2D eigenvalue weighted by atomic mass is 19.3. The maximum absolute atomic E-state index is 12.2. The number of Topliss-reactive ketones (excluding diaryl/α,β-unsaturated/α-hetero) is 1. The van der Waals surface area contributed by atoms with Crippen LogP contribution in [-0.2, 0) is 7.05 Å². The Morgan fingerprint density at radius 2 is 2.07 bits per heavy atom. The lowest BCUT2D eigenvalue weighted by Crippen LogP contribution is -2.09. The summed E-state index contributed by atoms with van der Waals surface area (Å²) in [6.45, 7) is 0. The predicted octanol–water partition coefficient (Wildman–Crippen LogP) is 2.63. The van der Waals surface area contributed by atoms with E-state index in [0.717, 1.165) is 10.9 Å². The first-order chi connectivity index (χ1) is 7.09. The van der Waals surface area contributed by atoms with Crippen LogP contribution in [0.25, 0.3) is 10.9 Å². The van der Waals surface area contributed by atoms with Crippen LogP contribution in [0.5, 0.6) is 0 Å². The van der Waals surface area contributed by atoms with Crippen molar-refractivity contribution in [1.29, 1.82) is 0 Å². The van der Waals surface area contributed by atoms with Gasteiger partial charge in [0.25, 0.3) is 0 Å². The van der Waals surface area contributed by atoms with Gasteiger partial charge in [0.05, 0.1) is 0 Å². The van der Waals surface area contributed by atoms with Crippen LogP contribution in [0.15, 0.2) is 30.5 Å². The molecule has 0 bridgehead atoms. The van der Waals surface area contributed by atoms with Crippen LogP contribution in [0.3, 0.4) is 0 Å². The standard InChI is InChI=1S/C11H9F2NO/c1-14-5-4-7-6-8(2-3-9(7)14)10(15)11(12)13/h2-6,11H,1H3. The van der Waals surface area contributed by atoms with Gasteiger partial charge >= 0.3 is 6.43 Å². The van der Waals surface area contributed by atoms with Gasteiger partial charge in [-0.05, 0) is 24.3 Å². The summed E-state index contributed by atoms with van der Waals surface area (Å²) in [7, 11) is 1.86. The topological polar surface area (TPSA) is 22.0 Å². The van der Waals surface area contributed by atoms with E-state index < -0.39 is 12.2 Å². The lowest BCUT2D eigenvalue weighted by Gasteiger charge is -2.00. The monoisotopic (exact) mass is 209 g/mol. The average molecular weight is 209 g/mol. The second kappa shape index (κ2) is 3.46. The number of hydrogen-bond acceptors (Lipinski definition) is 1. The highest BCUT2D eigenvalue weighted by Gasteiger charge is 2.17. The van der Waals surface area contributed by atoms with Crippen molar-refractivity contribution in [3.63, 3.8) is 0 Å². The molecular weight excluding hydrogens is 200 g/mol. The van der Waals surface area contributed by atoms with Gasteiger partial charge < -0.3 is 4.57 Å². The summed E-state index contributed by atoms with van der Waals surface area (Å²) in [5.74, 6) is -1.12. The van der Waals surface area contributed by atoms with Gasteiger partial charge in [-0.3, -0.25) is 4.79 Å². The van der Waals surface area contributed by atoms with E-state index in [0.29, 0.717) is 0 Å². The Hall–Kier alpha value is -1.71. The molecule has 0 N–H and O–H groups in total. The van der Waals surface area contributed by atoms with E-state index in [-0.39, 0.29) is 5.56 Å². The van der Waals surface area contributed by atoms with E-state index in [1.807, 2.05) is 17.8 Å². The lowest BCUT2D eigenvalue weighted by molar-refractivity contribution is 0.0679. The van der Waals surface area contributed by atoms with Crippen molar-refractivity contribution in [3.8, 4) is 0 Å². The molecule has 0 aliphatic heterocycles. The fourth-order valence-corrected chi connectivity index (χ4v) is 1.56. The first-order valence-corrected chi connectivity index (χ1v) is 4.47. The zero-order chi connectivity index (χ0) is 11.0. The van der Waals surface area contributed by atoms with Crippen LogP contribution in [-0.4, -0.2) is 16.8 Å². The molecule has 2 rings (SSSR count). The zero-order valence-electron chi connectivity index (χ0n) is 8.08. The molecular formula is C11H9F2NO. The minimum absolute atomic E-state index is 0.0590. The van der Waals surface area contributed by atoms with E-state index in [1.54, 1.807) is 12.1 Å². The third kappa shape index (κ3) is 1.63. The maximum atomic E-state index is 12.2. The first-order valence-electron chi connectivity index (χ1n) is 4.47. The summed E-state index contributed by atoms with van der Waals surface area (Å²) in [6.07, 6.45) is -1.12. The van der Waals surface area contributed by atoms with Crippen LogP contribution < -0.4 is 0 Å². The molecule has 0 amide bonds. The summed E-state index contributed by atoms with van der Waals surface area (Å²) in [5.41, 5.74) is 0.976. The highest BCUT2D eigenvalue weighted by Crippen LogP contribution is 2.18. The summed E-state index contributed by atoms with van der Waals surface area (Å²) in [4.78, 5) is 11.0. The van der Waals surface area contributed by atoms with Gasteiger partial charge in [0.15, 0.2) is 0 Å². The third-order valence-electron chi connectivity index (χ3n) is 2.37. The van der Waals surface area contributed by atoms with Crippen LogP contribution in [0.1, 0.15) is 10.4 Å². The Morgan fingerprint density at radius 3 is 2.73 bits per heavy atom. The van der Waals surface area contributed by atoms with Crippen LogP contribution >= 0.6 is 0 Å². The molecule has 1 aromatic heterocycles. The Kier molecular flexibility index (Phi) is 2.26. The number of fused-ring (bicyclic) bond motifs is 1. The van der Waals surface area contributed by atoms with Gasteiger partial charge in [-0.2, -0.15) is 0 Å². The predicted molar refractivity (Wildman–Crippen MR) is 53.3 cm³/mol. The van der Waals surface area contributed by atoms with Crippen molar-refractivity contribution in [2.75, 3.05) is 0 Å². The van der Waals surface area contributed by atoms with Crippen molar-refractivity contribution in [2.45, 2.75) is 6.43 Å². The number of benzene rings is 1. The number of aromatic nitrogens is 1. The van der Waals surface area contributed by atoms with Gasteiger partial charge in [0, 0.05) is 29.7 Å². The average Bonchev–Trinajstić information content (AvgIpc) is 2.59. The molecule has 0 unspecified atom stereocenters. The summed E-state index contributed by atoms with van der Waals surface area (Å²) in [6, 6.07) is 6.38. The van der Waals surface area contributed by atoms with E-state index in [2.05, 4.69) is 0 Å². The molecule has 0 fully saturated rings. The molecule has 78 valence electrons.